The molecule has 27 heavy (non-hydrogen) atoms. The van der Waals surface area contributed by atoms with Gasteiger partial charge in [0.15, 0.2) is 0 Å². The molecule has 8 nitrogen and oxygen atoms in total. The monoisotopic (exact) mass is 370 g/mol. The fourth-order valence-corrected chi connectivity index (χ4v) is 3.07. The Hall–Kier alpha value is -2.90. The molecule has 2 N–H and O–H groups in total. The lowest BCUT2D eigenvalue weighted by molar-refractivity contribution is -0.136. The summed E-state index contributed by atoms with van der Waals surface area (Å²) < 4.78 is 1.91. The number of pyridine rings is 1. The molecule has 0 radical (unpaired) electrons. The topological polar surface area (TPSA) is 92.2 Å². The van der Waals surface area contributed by atoms with Crippen LogP contribution in [0.4, 0.5) is 4.79 Å². The Labute approximate surface area is 159 Å². The molecular weight excluding hydrogens is 344 g/mol. The van der Waals surface area contributed by atoms with Crippen LogP contribution in [0.15, 0.2) is 24.3 Å². The number of rotatable bonds is 5. The van der Waals surface area contributed by atoms with Crippen molar-refractivity contribution < 1.29 is 9.59 Å². The average molecular weight is 370 g/mol. The summed E-state index contributed by atoms with van der Waals surface area (Å²) in [5.41, 5.74) is 3.52. The number of urea groups is 1. The Morgan fingerprint density at radius 1 is 1.15 bits per heavy atom. The molecule has 2 aromatic rings. The SMILES string of the molecule is Cc1cccc(CNC(=O)NCc2cc3n(n2)CCN(C(=O)C(C)C)C3)n1. The van der Waals surface area contributed by atoms with Gasteiger partial charge in [-0.25, -0.2) is 4.79 Å². The third-order valence-corrected chi connectivity index (χ3v) is 4.46. The van der Waals surface area contributed by atoms with Crippen LogP contribution < -0.4 is 10.6 Å². The first kappa shape index (κ1) is 18.9. The number of hydrogen-bond donors (Lipinski definition) is 2. The minimum absolute atomic E-state index is 0.00723. The summed E-state index contributed by atoms with van der Waals surface area (Å²) in [6, 6.07) is 7.39. The maximum absolute atomic E-state index is 12.2. The van der Waals surface area contributed by atoms with E-state index < -0.39 is 0 Å². The van der Waals surface area contributed by atoms with E-state index in [0.29, 0.717) is 32.7 Å². The third kappa shape index (κ3) is 4.84. The number of nitrogens with one attached hydrogen (secondary N) is 2. The lowest BCUT2D eigenvalue weighted by Crippen LogP contribution is -2.40. The molecule has 0 spiro atoms. The van der Waals surface area contributed by atoms with Crippen molar-refractivity contribution in [3.63, 3.8) is 0 Å². The van der Waals surface area contributed by atoms with Crippen molar-refractivity contribution in [2.24, 2.45) is 5.92 Å². The van der Waals surface area contributed by atoms with E-state index in [9.17, 15) is 9.59 Å². The van der Waals surface area contributed by atoms with E-state index in [1.165, 1.54) is 0 Å². The van der Waals surface area contributed by atoms with Crippen LogP contribution in [-0.4, -0.2) is 38.1 Å². The van der Waals surface area contributed by atoms with Crippen LogP contribution in [-0.2, 0) is 31.0 Å². The van der Waals surface area contributed by atoms with Gasteiger partial charge in [-0.3, -0.25) is 14.5 Å². The molecule has 3 heterocycles. The largest absolute Gasteiger partial charge is 0.335 e. The second-order valence-corrected chi connectivity index (χ2v) is 7.07. The van der Waals surface area contributed by atoms with Crippen LogP contribution in [0.2, 0.25) is 0 Å². The van der Waals surface area contributed by atoms with Crippen LogP contribution in [0, 0.1) is 12.8 Å². The summed E-state index contributed by atoms with van der Waals surface area (Å²) in [5, 5.41) is 10.1. The van der Waals surface area contributed by atoms with E-state index >= 15 is 0 Å². The van der Waals surface area contributed by atoms with Gasteiger partial charge in [0, 0.05) is 18.2 Å². The Kier molecular flexibility index (Phi) is 5.73. The zero-order valence-electron chi connectivity index (χ0n) is 16.0. The first-order chi connectivity index (χ1) is 12.9. The Bertz CT molecular complexity index is 829. The molecule has 0 saturated carbocycles. The van der Waals surface area contributed by atoms with Gasteiger partial charge in [0.2, 0.25) is 5.91 Å². The molecule has 1 aliphatic rings. The highest BCUT2D eigenvalue weighted by atomic mass is 16.2. The van der Waals surface area contributed by atoms with Crippen LogP contribution in [0.25, 0.3) is 0 Å². The fourth-order valence-electron chi connectivity index (χ4n) is 3.07. The first-order valence-electron chi connectivity index (χ1n) is 9.21. The van der Waals surface area contributed by atoms with Crippen molar-refractivity contribution in [1.29, 1.82) is 0 Å². The minimum atomic E-state index is -0.263. The number of hydrogen-bond acceptors (Lipinski definition) is 4. The summed E-state index contributed by atoms with van der Waals surface area (Å²) in [4.78, 5) is 30.4. The molecule has 144 valence electrons. The quantitative estimate of drug-likeness (QED) is 0.836. The van der Waals surface area contributed by atoms with Crippen molar-refractivity contribution in [2.45, 2.75) is 47.0 Å². The average Bonchev–Trinajstić information content (AvgIpc) is 3.06. The predicted molar refractivity (Wildman–Crippen MR) is 101 cm³/mol. The summed E-state index contributed by atoms with van der Waals surface area (Å²) in [6.07, 6.45) is 0. The van der Waals surface area contributed by atoms with E-state index in [2.05, 4.69) is 20.7 Å². The molecule has 0 aliphatic carbocycles. The van der Waals surface area contributed by atoms with Gasteiger partial charge in [-0.1, -0.05) is 19.9 Å². The minimum Gasteiger partial charge on any atom is -0.335 e. The molecule has 0 unspecified atom stereocenters. The van der Waals surface area contributed by atoms with Crippen molar-refractivity contribution in [2.75, 3.05) is 6.54 Å². The smallest absolute Gasteiger partial charge is 0.315 e. The molecule has 0 aromatic carbocycles. The molecule has 0 fully saturated rings. The van der Waals surface area contributed by atoms with Crippen LogP contribution in [0.1, 0.15) is 36.6 Å². The highest BCUT2D eigenvalue weighted by molar-refractivity contribution is 5.78. The van der Waals surface area contributed by atoms with E-state index in [1.807, 2.05) is 54.6 Å². The van der Waals surface area contributed by atoms with Crippen molar-refractivity contribution in [3.8, 4) is 0 Å². The van der Waals surface area contributed by atoms with E-state index in [4.69, 9.17) is 0 Å². The number of amides is 3. The molecule has 1 aliphatic heterocycles. The molecular formula is C19H26N6O2. The van der Waals surface area contributed by atoms with E-state index in [1.54, 1.807) is 0 Å². The van der Waals surface area contributed by atoms with Crippen LogP contribution in [0.3, 0.4) is 0 Å². The normalized spacial score (nSPS) is 13.4. The summed E-state index contributed by atoms with van der Waals surface area (Å²) in [6.45, 7) is 8.37. The van der Waals surface area contributed by atoms with Gasteiger partial charge in [0.05, 0.1) is 43.3 Å². The number of fused-ring (bicyclic) bond motifs is 1. The van der Waals surface area contributed by atoms with E-state index in [0.717, 1.165) is 22.8 Å². The molecule has 0 saturated heterocycles. The molecule has 3 rings (SSSR count). The number of carbonyl (C=O) groups excluding carboxylic acids is 2. The Morgan fingerprint density at radius 3 is 2.59 bits per heavy atom. The highest BCUT2D eigenvalue weighted by Gasteiger charge is 2.23. The number of nitrogens with zero attached hydrogens (tertiary/aromatic N) is 4. The molecule has 0 bridgehead atoms. The summed E-state index contributed by atoms with van der Waals surface area (Å²) >= 11 is 0. The number of carbonyl (C=O) groups is 2. The van der Waals surface area contributed by atoms with E-state index in [-0.39, 0.29) is 17.9 Å². The van der Waals surface area contributed by atoms with Gasteiger partial charge in [-0.15, -0.1) is 0 Å². The summed E-state index contributed by atoms with van der Waals surface area (Å²) in [5.74, 6) is 0.151. The molecule has 2 aromatic heterocycles. The lowest BCUT2D eigenvalue weighted by atomic mass is 10.1. The van der Waals surface area contributed by atoms with Gasteiger partial charge in [0.1, 0.15) is 0 Å². The Morgan fingerprint density at radius 2 is 1.89 bits per heavy atom. The Balaban J connectivity index is 1.49. The van der Waals surface area contributed by atoms with Crippen LogP contribution >= 0.6 is 0 Å². The first-order valence-corrected chi connectivity index (χ1v) is 9.21. The van der Waals surface area contributed by atoms with Crippen molar-refractivity contribution in [3.05, 3.63) is 47.0 Å². The maximum atomic E-state index is 12.2. The third-order valence-electron chi connectivity index (χ3n) is 4.46. The zero-order chi connectivity index (χ0) is 19.4. The zero-order valence-corrected chi connectivity index (χ0v) is 16.0. The van der Waals surface area contributed by atoms with Gasteiger partial charge in [0.25, 0.3) is 0 Å². The highest BCUT2D eigenvalue weighted by Crippen LogP contribution is 2.16. The second-order valence-electron chi connectivity index (χ2n) is 7.07. The molecule has 3 amide bonds. The lowest BCUT2D eigenvalue weighted by Gasteiger charge is -2.29. The number of aryl methyl sites for hydroxylation is 1. The standard InChI is InChI=1S/C19H26N6O2/c1-13(2)18(26)24-7-8-25-17(12-24)9-16(23-25)11-21-19(27)20-10-15-6-4-5-14(3)22-15/h4-6,9,13H,7-8,10-12H2,1-3H3,(H2,20,21,27). The van der Waals surface area contributed by atoms with Crippen molar-refractivity contribution in [1.82, 2.24) is 30.3 Å². The summed E-state index contributed by atoms with van der Waals surface area (Å²) in [7, 11) is 0. The second kappa shape index (κ2) is 8.20. The predicted octanol–water partition coefficient (Wildman–Crippen LogP) is 1.58. The fraction of sp³-hybridized carbons (Fsp3) is 0.474. The van der Waals surface area contributed by atoms with Crippen molar-refractivity contribution >= 4 is 11.9 Å². The van der Waals surface area contributed by atoms with Gasteiger partial charge in [-0.05, 0) is 25.1 Å². The number of aromatic nitrogens is 3. The molecule has 8 heteroatoms. The van der Waals surface area contributed by atoms with Gasteiger partial charge >= 0.3 is 6.03 Å². The maximum Gasteiger partial charge on any atom is 0.315 e. The van der Waals surface area contributed by atoms with Gasteiger partial charge in [-0.2, -0.15) is 5.10 Å². The van der Waals surface area contributed by atoms with Crippen LogP contribution in [0.5, 0.6) is 0 Å². The van der Waals surface area contributed by atoms with Gasteiger partial charge < -0.3 is 15.5 Å². The molecule has 0 atom stereocenters.